The summed E-state index contributed by atoms with van der Waals surface area (Å²) in [6, 6.07) is 3.33. The normalized spacial score (nSPS) is 19.4. The van der Waals surface area contributed by atoms with E-state index in [1.807, 2.05) is 13.8 Å². The lowest BCUT2D eigenvalue weighted by atomic mass is 10.0. The molecule has 0 amide bonds. The summed E-state index contributed by atoms with van der Waals surface area (Å²) in [5.41, 5.74) is 0.926. The SMILES string of the molecule is Cc1c(Br)cc(CO)cc1S(=O)(=O)N1CCCC1(C)C. The van der Waals surface area contributed by atoms with Crippen molar-refractivity contribution in [2.75, 3.05) is 6.54 Å². The van der Waals surface area contributed by atoms with Crippen LogP contribution in [0.3, 0.4) is 0 Å². The Balaban J connectivity index is 2.58. The van der Waals surface area contributed by atoms with Gasteiger partial charge in [0.1, 0.15) is 0 Å². The first-order valence-electron chi connectivity index (χ1n) is 6.63. The van der Waals surface area contributed by atoms with Gasteiger partial charge in [-0.05, 0) is 56.9 Å². The number of benzene rings is 1. The second-order valence-electron chi connectivity index (χ2n) is 5.85. The molecule has 0 unspecified atom stereocenters. The van der Waals surface area contributed by atoms with E-state index < -0.39 is 10.0 Å². The molecule has 1 N–H and O–H groups in total. The molecule has 1 aliphatic rings. The lowest BCUT2D eigenvalue weighted by Crippen LogP contribution is -2.42. The Hall–Kier alpha value is -0.430. The van der Waals surface area contributed by atoms with Crippen molar-refractivity contribution in [2.24, 2.45) is 0 Å². The van der Waals surface area contributed by atoms with E-state index in [0.29, 0.717) is 22.1 Å². The molecule has 20 heavy (non-hydrogen) atoms. The highest BCUT2D eigenvalue weighted by Gasteiger charge is 2.41. The molecule has 6 heteroatoms. The molecule has 4 nitrogen and oxygen atoms in total. The topological polar surface area (TPSA) is 57.6 Å². The molecule has 112 valence electrons. The molecule has 0 aromatic heterocycles. The molecular weight excluding hydrogens is 342 g/mol. The molecule has 0 aliphatic carbocycles. The number of aliphatic hydroxyl groups excluding tert-OH is 1. The monoisotopic (exact) mass is 361 g/mol. The highest BCUT2D eigenvalue weighted by Crippen LogP contribution is 2.36. The summed E-state index contributed by atoms with van der Waals surface area (Å²) in [7, 11) is -3.54. The van der Waals surface area contributed by atoms with Gasteiger partial charge in [-0.25, -0.2) is 8.42 Å². The summed E-state index contributed by atoms with van der Waals surface area (Å²) >= 11 is 3.37. The van der Waals surface area contributed by atoms with Crippen LogP contribution in [-0.4, -0.2) is 29.9 Å². The number of sulfonamides is 1. The first-order chi connectivity index (χ1) is 9.20. The Morgan fingerprint density at radius 3 is 2.55 bits per heavy atom. The molecule has 0 spiro atoms. The number of nitrogens with zero attached hydrogens (tertiary/aromatic N) is 1. The molecule has 0 saturated carbocycles. The maximum atomic E-state index is 12.9. The van der Waals surface area contributed by atoms with Crippen molar-refractivity contribution in [1.29, 1.82) is 0 Å². The van der Waals surface area contributed by atoms with Gasteiger partial charge >= 0.3 is 0 Å². The Labute approximate surface area is 129 Å². The second-order valence-corrected chi connectivity index (χ2v) is 8.54. The van der Waals surface area contributed by atoms with Crippen LogP contribution < -0.4 is 0 Å². The van der Waals surface area contributed by atoms with Crippen LogP contribution in [0.1, 0.15) is 37.8 Å². The van der Waals surface area contributed by atoms with E-state index in [-0.39, 0.29) is 17.0 Å². The van der Waals surface area contributed by atoms with Gasteiger partial charge in [0, 0.05) is 16.6 Å². The Morgan fingerprint density at radius 2 is 2.05 bits per heavy atom. The third-order valence-electron chi connectivity index (χ3n) is 3.93. The van der Waals surface area contributed by atoms with Gasteiger partial charge in [0.15, 0.2) is 0 Å². The van der Waals surface area contributed by atoms with E-state index in [0.717, 1.165) is 12.8 Å². The van der Waals surface area contributed by atoms with Crippen LogP contribution in [0.4, 0.5) is 0 Å². The summed E-state index contributed by atoms with van der Waals surface area (Å²) in [4.78, 5) is 0.283. The second kappa shape index (κ2) is 5.40. The first-order valence-corrected chi connectivity index (χ1v) is 8.86. The molecule has 0 bridgehead atoms. The number of hydrogen-bond acceptors (Lipinski definition) is 3. The fraction of sp³-hybridized carbons (Fsp3) is 0.571. The van der Waals surface area contributed by atoms with E-state index in [9.17, 15) is 13.5 Å². The van der Waals surface area contributed by atoms with Crippen LogP contribution in [0.15, 0.2) is 21.5 Å². The van der Waals surface area contributed by atoms with Crippen LogP contribution in [-0.2, 0) is 16.6 Å². The lowest BCUT2D eigenvalue weighted by Gasteiger charge is -2.31. The average molecular weight is 362 g/mol. The molecule has 1 aromatic rings. The lowest BCUT2D eigenvalue weighted by molar-refractivity contribution is 0.281. The highest BCUT2D eigenvalue weighted by molar-refractivity contribution is 9.10. The number of hydrogen-bond donors (Lipinski definition) is 1. The predicted octanol–water partition coefficient (Wildman–Crippen LogP) is 2.81. The van der Waals surface area contributed by atoms with Crippen LogP contribution in [0.25, 0.3) is 0 Å². The minimum Gasteiger partial charge on any atom is -0.392 e. The van der Waals surface area contributed by atoms with Crippen molar-refractivity contribution in [3.8, 4) is 0 Å². The van der Waals surface area contributed by atoms with Gasteiger partial charge in [0.2, 0.25) is 10.0 Å². The molecule has 0 atom stereocenters. The van der Waals surface area contributed by atoms with Crippen molar-refractivity contribution in [3.05, 3.63) is 27.7 Å². The van der Waals surface area contributed by atoms with E-state index >= 15 is 0 Å². The van der Waals surface area contributed by atoms with Crippen molar-refractivity contribution >= 4 is 26.0 Å². The van der Waals surface area contributed by atoms with Gasteiger partial charge in [0.05, 0.1) is 11.5 Å². The molecule has 1 fully saturated rings. The van der Waals surface area contributed by atoms with Crippen LogP contribution in [0.2, 0.25) is 0 Å². The summed E-state index contributed by atoms with van der Waals surface area (Å²) < 4.78 is 28.1. The summed E-state index contributed by atoms with van der Waals surface area (Å²) in [5, 5.41) is 9.28. The Bertz CT molecular complexity index is 626. The molecule has 2 rings (SSSR count). The summed E-state index contributed by atoms with van der Waals surface area (Å²) in [5.74, 6) is 0. The zero-order chi connectivity index (χ0) is 15.1. The third kappa shape index (κ3) is 2.66. The van der Waals surface area contributed by atoms with E-state index in [1.54, 1.807) is 23.4 Å². The van der Waals surface area contributed by atoms with Gasteiger partial charge < -0.3 is 5.11 Å². The smallest absolute Gasteiger partial charge is 0.243 e. The Morgan fingerprint density at radius 1 is 1.40 bits per heavy atom. The van der Waals surface area contributed by atoms with Crippen LogP contribution >= 0.6 is 15.9 Å². The van der Waals surface area contributed by atoms with E-state index in [2.05, 4.69) is 15.9 Å². The molecule has 1 aromatic carbocycles. The number of halogens is 1. The van der Waals surface area contributed by atoms with E-state index in [1.165, 1.54) is 0 Å². The highest BCUT2D eigenvalue weighted by atomic mass is 79.9. The van der Waals surface area contributed by atoms with Crippen molar-refractivity contribution in [2.45, 2.75) is 50.7 Å². The maximum Gasteiger partial charge on any atom is 0.243 e. The van der Waals surface area contributed by atoms with Gasteiger partial charge in [-0.1, -0.05) is 15.9 Å². The van der Waals surface area contributed by atoms with Gasteiger partial charge in [-0.2, -0.15) is 4.31 Å². The van der Waals surface area contributed by atoms with Crippen LogP contribution in [0.5, 0.6) is 0 Å². The summed E-state index contributed by atoms with van der Waals surface area (Å²) in [6.07, 6.45) is 1.75. The van der Waals surface area contributed by atoms with Crippen LogP contribution in [0, 0.1) is 6.92 Å². The standard InChI is InChI=1S/C14H20BrNO3S/c1-10-12(15)7-11(9-17)8-13(10)20(18,19)16-6-4-5-14(16,2)3/h7-8,17H,4-6,9H2,1-3H3. The van der Waals surface area contributed by atoms with Gasteiger partial charge in [-0.3, -0.25) is 0 Å². The molecule has 0 radical (unpaired) electrons. The zero-order valence-corrected chi connectivity index (χ0v) is 14.4. The Kier molecular flexibility index (Phi) is 4.31. The first kappa shape index (κ1) is 15.9. The van der Waals surface area contributed by atoms with Crippen molar-refractivity contribution in [1.82, 2.24) is 4.31 Å². The van der Waals surface area contributed by atoms with Gasteiger partial charge in [-0.15, -0.1) is 0 Å². The number of rotatable bonds is 3. The predicted molar refractivity (Wildman–Crippen MR) is 82.0 cm³/mol. The van der Waals surface area contributed by atoms with Crippen molar-refractivity contribution < 1.29 is 13.5 Å². The minimum absolute atomic E-state index is 0.176. The quantitative estimate of drug-likeness (QED) is 0.900. The van der Waals surface area contributed by atoms with Crippen molar-refractivity contribution in [3.63, 3.8) is 0 Å². The maximum absolute atomic E-state index is 12.9. The molecule has 1 saturated heterocycles. The molecule has 1 aliphatic heterocycles. The fourth-order valence-electron chi connectivity index (χ4n) is 2.71. The largest absolute Gasteiger partial charge is 0.392 e. The molecular formula is C14H20BrNO3S. The number of aliphatic hydroxyl groups is 1. The minimum atomic E-state index is -3.54. The van der Waals surface area contributed by atoms with E-state index in [4.69, 9.17) is 0 Å². The third-order valence-corrected chi connectivity index (χ3v) is 6.99. The average Bonchev–Trinajstić information content (AvgIpc) is 2.72. The zero-order valence-electron chi connectivity index (χ0n) is 12.0. The summed E-state index contributed by atoms with van der Waals surface area (Å²) in [6.45, 7) is 6.07. The fourth-order valence-corrected chi connectivity index (χ4v) is 5.50. The van der Waals surface area contributed by atoms with Gasteiger partial charge in [0.25, 0.3) is 0 Å². The molecule has 1 heterocycles.